The minimum absolute atomic E-state index is 0.0960. The molecule has 0 unspecified atom stereocenters. The number of nitrogens with zero attached hydrogens (tertiary/aromatic N) is 1. The molecule has 27 heavy (non-hydrogen) atoms. The predicted molar refractivity (Wildman–Crippen MR) is 94.3 cm³/mol. The van der Waals surface area contributed by atoms with Gasteiger partial charge in [0.05, 0.1) is 12.3 Å². The lowest BCUT2D eigenvalue weighted by Crippen LogP contribution is -2.39. The highest BCUT2D eigenvalue weighted by molar-refractivity contribution is 8.00. The number of rotatable bonds is 7. The molecule has 0 spiro atoms. The molecule has 0 aliphatic heterocycles. The Labute approximate surface area is 157 Å². The first-order valence-electron chi connectivity index (χ1n) is 7.91. The van der Waals surface area contributed by atoms with Crippen molar-refractivity contribution >= 4 is 29.3 Å². The van der Waals surface area contributed by atoms with Crippen molar-refractivity contribution in [2.75, 3.05) is 24.2 Å². The highest BCUT2D eigenvalue weighted by Crippen LogP contribution is 2.23. The number of likely N-dealkylation sites (N-methyl/N-ethyl adjacent to an activating group) is 1. The van der Waals surface area contributed by atoms with E-state index in [2.05, 4.69) is 5.32 Å². The summed E-state index contributed by atoms with van der Waals surface area (Å²) in [6.07, 6.45) is 0. The normalized spacial score (nSPS) is 10.6. The summed E-state index contributed by atoms with van der Waals surface area (Å²) in [6, 6.07) is 6.15. The second-order valence-corrected chi connectivity index (χ2v) is 6.43. The topological polar surface area (TPSA) is 49.4 Å². The van der Waals surface area contributed by atoms with Gasteiger partial charge in [-0.3, -0.25) is 9.59 Å². The molecule has 2 aromatic rings. The number of benzene rings is 2. The Balaban J connectivity index is 1.95. The van der Waals surface area contributed by atoms with Crippen LogP contribution in [-0.2, 0) is 9.59 Å². The van der Waals surface area contributed by atoms with Gasteiger partial charge in [0.2, 0.25) is 11.8 Å². The standard InChI is InChI=1S/C18H16F4N2O2S/c1-2-24(9-16(25)23-18-12(20)4-3-5-13(18)21)17(26)10-27-15-7-6-11(19)8-14(15)22/h3-8H,2,9-10H2,1H3,(H,23,25). The van der Waals surface area contributed by atoms with Gasteiger partial charge < -0.3 is 10.2 Å². The summed E-state index contributed by atoms with van der Waals surface area (Å²) < 4.78 is 53.6. The summed E-state index contributed by atoms with van der Waals surface area (Å²) in [5.74, 6) is -4.81. The molecule has 0 radical (unpaired) electrons. The summed E-state index contributed by atoms with van der Waals surface area (Å²) >= 11 is 0.859. The van der Waals surface area contributed by atoms with Crippen LogP contribution in [0.3, 0.4) is 0 Å². The van der Waals surface area contributed by atoms with E-state index in [9.17, 15) is 27.2 Å². The fraction of sp³-hybridized carbons (Fsp3) is 0.222. The van der Waals surface area contributed by atoms with E-state index in [1.165, 1.54) is 6.07 Å². The second-order valence-electron chi connectivity index (χ2n) is 5.42. The molecule has 0 aromatic heterocycles. The van der Waals surface area contributed by atoms with E-state index in [1.54, 1.807) is 6.92 Å². The van der Waals surface area contributed by atoms with Gasteiger partial charge >= 0.3 is 0 Å². The highest BCUT2D eigenvalue weighted by atomic mass is 32.2. The smallest absolute Gasteiger partial charge is 0.244 e. The molecule has 2 aromatic carbocycles. The molecule has 0 aliphatic rings. The van der Waals surface area contributed by atoms with Crippen LogP contribution in [0, 0.1) is 23.3 Å². The minimum atomic E-state index is -0.930. The van der Waals surface area contributed by atoms with E-state index in [1.807, 2.05) is 0 Å². The Morgan fingerprint density at radius 2 is 1.70 bits per heavy atom. The largest absolute Gasteiger partial charge is 0.333 e. The maximum atomic E-state index is 13.6. The van der Waals surface area contributed by atoms with Gasteiger partial charge in [-0.1, -0.05) is 6.07 Å². The second kappa shape index (κ2) is 9.40. The highest BCUT2D eigenvalue weighted by Gasteiger charge is 2.19. The van der Waals surface area contributed by atoms with Crippen LogP contribution in [0.15, 0.2) is 41.3 Å². The van der Waals surface area contributed by atoms with Gasteiger partial charge in [0.1, 0.15) is 29.0 Å². The monoisotopic (exact) mass is 400 g/mol. The zero-order chi connectivity index (χ0) is 20.0. The number of anilines is 1. The van der Waals surface area contributed by atoms with Crippen molar-refractivity contribution in [1.29, 1.82) is 0 Å². The molecule has 9 heteroatoms. The third-order valence-corrected chi connectivity index (χ3v) is 4.57. The van der Waals surface area contributed by atoms with Gasteiger partial charge in [-0.2, -0.15) is 0 Å². The zero-order valence-corrected chi connectivity index (χ0v) is 15.1. The number of thioether (sulfide) groups is 1. The molecule has 0 saturated carbocycles. The average molecular weight is 400 g/mol. The lowest BCUT2D eigenvalue weighted by atomic mass is 10.3. The van der Waals surface area contributed by atoms with Crippen molar-refractivity contribution in [3.8, 4) is 0 Å². The maximum Gasteiger partial charge on any atom is 0.244 e. The van der Waals surface area contributed by atoms with E-state index >= 15 is 0 Å². The van der Waals surface area contributed by atoms with Crippen LogP contribution in [0.2, 0.25) is 0 Å². The number of para-hydroxylation sites is 1. The van der Waals surface area contributed by atoms with Crippen LogP contribution < -0.4 is 5.32 Å². The molecule has 0 aliphatic carbocycles. The van der Waals surface area contributed by atoms with Crippen molar-refractivity contribution in [3.05, 3.63) is 59.7 Å². The van der Waals surface area contributed by atoms with Gasteiger partial charge in [0.25, 0.3) is 0 Å². The third-order valence-electron chi connectivity index (χ3n) is 3.54. The first-order valence-corrected chi connectivity index (χ1v) is 8.89. The number of carbonyl (C=O) groups is 2. The van der Waals surface area contributed by atoms with Crippen LogP contribution in [0.4, 0.5) is 23.2 Å². The molecule has 1 N–H and O–H groups in total. The van der Waals surface area contributed by atoms with Crippen molar-refractivity contribution in [1.82, 2.24) is 4.90 Å². The number of halogens is 4. The van der Waals surface area contributed by atoms with Crippen molar-refractivity contribution < 1.29 is 27.2 Å². The van der Waals surface area contributed by atoms with Crippen molar-refractivity contribution in [3.63, 3.8) is 0 Å². The quantitative estimate of drug-likeness (QED) is 0.568. The zero-order valence-electron chi connectivity index (χ0n) is 14.3. The Morgan fingerprint density at radius 1 is 1.04 bits per heavy atom. The van der Waals surface area contributed by atoms with Gasteiger partial charge in [-0.25, -0.2) is 17.6 Å². The predicted octanol–water partition coefficient (Wildman–Crippen LogP) is 3.82. The molecular weight excluding hydrogens is 384 g/mol. The van der Waals surface area contributed by atoms with Gasteiger partial charge in [0, 0.05) is 17.5 Å². The number of hydrogen-bond acceptors (Lipinski definition) is 3. The van der Waals surface area contributed by atoms with Crippen molar-refractivity contribution in [2.45, 2.75) is 11.8 Å². The van der Waals surface area contributed by atoms with Gasteiger partial charge in [-0.15, -0.1) is 11.8 Å². The molecule has 4 nitrogen and oxygen atoms in total. The molecular formula is C18H16F4N2O2S. The van der Waals surface area contributed by atoms with E-state index in [-0.39, 0.29) is 17.2 Å². The fourth-order valence-corrected chi connectivity index (χ4v) is 2.99. The average Bonchev–Trinajstić information content (AvgIpc) is 2.62. The van der Waals surface area contributed by atoms with E-state index in [0.29, 0.717) is 6.07 Å². The van der Waals surface area contributed by atoms with E-state index in [0.717, 1.165) is 40.9 Å². The number of amides is 2. The first kappa shape index (κ1) is 20.8. The van der Waals surface area contributed by atoms with Crippen molar-refractivity contribution in [2.24, 2.45) is 0 Å². The lowest BCUT2D eigenvalue weighted by Gasteiger charge is -2.20. The van der Waals surface area contributed by atoms with Gasteiger partial charge in [-0.05, 0) is 31.2 Å². The number of carbonyl (C=O) groups excluding carboxylic acids is 2. The summed E-state index contributed by atoms with van der Waals surface area (Å²) in [4.78, 5) is 25.5. The molecule has 0 bridgehead atoms. The molecule has 0 fully saturated rings. The lowest BCUT2D eigenvalue weighted by molar-refractivity contribution is -0.132. The summed E-state index contributed by atoms with van der Waals surface area (Å²) in [5, 5.41) is 2.10. The Morgan fingerprint density at radius 3 is 2.30 bits per heavy atom. The van der Waals surface area contributed by atoms with Crippen LogP contribution in [0.1, 0.15) is 6.92 Å². The molecule has 0 saturated heterocycles. The third kappa shape index (κ3) is 5.72. The SMILES string of the molecule is CCN(CC(=O)Nc1c(F)cccc1F)C(=O)CSc1ccc(F)cc1F. The van der Waals surface area contributed by atoms with E-state index in [4.69, 9.17) is 0 Å². The Hall–Kier alpha value is -2.55. The van der Waals surface area contributed by atoms with Gasteiger partial charge in [0.15, 0.2) is 0 Å². The minimum Gasteiger partial charge on any atom is -0.333 e. The molecule has 0 atom stereocenters. The summed E-state index contributed by atoms with van der Waals surface area (Å²) in [6.45, 7) is 1.37. The first-order chi connectivity index (χ1) is 12.8. The summed E-state index contributed by atoms with van der Waals surface area (Å²) in [5.41, 5.74) is -0.589. The van der Waals surface area contributed by atoms with E-state index < -0.39 is 47.3 Å². The maximum absolute atomic E-state index is 13.6. The van der Waals surface area contributed by atoms with Crippen LogP contribution in [0.25, 0.3) is 0 Å². The summed E-state index contributed by atoms with van der Waals surface area (Å²) in [7, 11) is 0. The molecule has 144 valence electrons. The number of nitrogens with one attached hydrogen (secondary N) is 1. The number of hydrogen-bond donors (Lipinski definition) is 1. The fourth-order valence-electron chi connectivity index (χ4n) is 2.17. The Bertz CT molecular complexity index is 828. The molecule has 2 amide bonds. The van der Waals surface area contributed by atoms with Crippen LogP contribution in [-0.4, -0.2) is 35.6 Å². The van der Waals surface area contributed by atoms with Crippen LogP contribution in [0.5, 0.6) is 0 Å². The van der Waals surface area contributed by atoms with Crippen LogP contribution >= 0.6 is 11.8 Å². The molecule has 2 rings (SSSR count). The Kier molecular flexibility index (Phi) is 7.23. The molecule has 0 heterocycles.